The quantitative estimate of drug-likeness (QED) is 0.343. The molecule has 2 atom stereocenters. The molecule has 4 heterocycles. The van der Waals surface area contributed by atoms with E-state index in [-0.39, 0.29) is 5.03 Å². The fourth-order valence-electron chi connectivity index (χ4n) is 4.65. The second kappa shape index (κ2) is 11.7. The summed E-state index contributed by atoms with van der Waals surface area (Å²) in [6.45, 7) is 4.97. The number of thioether (sulfide) groups is 2. The fourth-order valence-corrected chi connectivity index (χ4v) is 7.89. The smallest absolute Gasteiger partial charge is 0.281 e. The molecule has 10 nitrogen and oxygen atoms in total. The number of nitrogens with zero attached hydrogens (tertiary/aromatic N) is 4. The molecule has 0 spiro atoms. The number of aromatic amines is 1. The number of pyridine rings is 1. The van der Waals surface area contributed by atoms with Gasteiger partial charge in [0.1, 0.15) is 23.6 Å². The topological polar surface area (TPSA) is 120 Å². The van der Waals surface area contributed by atoms with Crippen molar-refractivity contribution in [2.45, 2.75) is 22.9 Å². The van der Waals surface area contributed by atoms with Crippen LogP contribution < -0.4 is 9.04 Å². The van der Waals surface area contributed by atoms with Gasteiger partial charge in [0, 0.05) is 56.4 Å². The highest BCUT2D eigenvalue weighted by molar-refractivity contribution is 8.15. The van der Waals surface area contributed by atoms with Crippen molar-refractivity contribution >= 4 is 55.2 Å². The maximum atomic E-state index is 13.4. The lowest BCUT2D eigenvalue weighted by molar-refractivity contribution is -0.0126. The number of rotatable bonds is 10. The number of benzene rings is 1. The van der Waals surface area contributed by atoms with Crippen LogP contribution in [0.15, 0.2) is 52.6 Å². The summed E-state index contributed by atoms with van der Waals surface area (Å²) in [4.78, 5) is 14.4. The van der Waals surface area contributed by atoms with Crippen molar-refractivity contribution in [2.75, 3.05) is 62.8 Å². The van der Waals surface area contributed by atoms with Gasteiger partial charge in [-0.15, -0.1) is 0 Å². The molecule has 2 aromatic heterocycles. The van der Waals surface area contributed by atoms with Gasteiger partial charge >= 0.3 is 0 Å². The van der Waals surface area contributed by atoms with Crippen LogP contribution >= 0.6 is 23.5 Å². The van der Waals surface area contributed by atoms with Gasteiger partial charge in [0.25, 0.3) is 10.0 Å². The van der Waals surface area contributed by atoms with E-state index in [9.17, 15) is 13.5 Å². The number of hydrogen-bond donors (Lipinski definition) is 2. The largest absolute Gasteiger partial charge is 0.491 e. The Labute approximate surface area is 237 Å². The predicted octanol–water partition coefficient (Wildman–Crippen LogP) is 3.03. The Morgan fingerprint density at radius 3 is 2.74 bits per heavy atom. The number of anilines is 1. The van der Waals surface area contributed by atoms with Crippen LogP contribution in [0.3, 0.4) is 0 Å². The number of aliphatic hydroxyl groups excluding tert-OH is 1. The van der Waals surface area contributed by atoms with E-state index in [0.29, 0.717) is 36.7 Å². The Bertz CT molecular complexity index is 1440. The van der Waals surface area contributed by atoms with Crippen LogP contribution in [0, 0.1) is 0 Å². The third-order valence-corrected chi connectivity index (χ3v) is 10.9. The summed E-state index contributed by atoms with van der Waals surface area (Å²) >= 11 is 3.46. The number of ether oxygens (including phenoxy) is 2. The Morgan fingerprint density at radius 1 is 1.23 bits per heavy atom. The summed E-state index contributed by atoms with van der Waals surface area (Å²) in [6, 6.07) is 10.3. The molecule has 2 N–H and O–H groups in total. The number of methoxy groups -OCH3 is 1. The number of aromatic nitrogens is 2. The zero-order valence-electron chi connectivity index (χ0n) is 22.2. The number of fused-ring (bicyclic) bond motifs is 1. The van der Waals surface area contributed by atoms with E-state index >= 15 is 0 Å². The van der Waals surface area contributed by atoms with Gasteiger partial charge in [-0.05, 0) is 31.2 Å². The van der Waals surface area contributed by atoms with Crippen molar-refractivity contribution in [3.63, 3.8) is 0 Å². The van der Waals surface area contributed by atoms with Crippen molar-refractivity contribution < 1.29 is 23.0 Å². The van der Waals surface area contributed by atoms with Gasteiger partial charge in [-0.1, -0.05) is 17.8 Å². The van der Waals surface area contributed by atoms with Gasteiger partial charge in [-0.25, -0.2) is 4.98 Å². The Kier molecular flexibility index (Phi) is 8.45. The highest BCUT2D eigenvalue weighted by Crippen LogP contribution is 2.41. The monoisotopic (exact) mass is 591 g/mol. The van der Waals surface area contributed by atoms with Crippen LogP contribution in [-0.2, 0) is 14.8 Å². The molecular weight excluding hydrogens is 559 g/mol. The standard InChI is InChI=1S/C26H33N5O5S3/c1-26(25(32)31-8-12-37-13-9-31)17-28-24(38-26)20-15-18-14-19(36-11-10-35-3)16-21(23(18)29-20)30(2)39(33,34)22-6-4-5-7-27-22/h4-7,14-16,25,29,32H,8-13,17H2,1-3H3. The second-order valence-electron chi connectivity index (χ2n) is 9.63. The molecule has 0 bridgehead atoms. The van der Waals surface area contributed by atoms with Crippen LogP contribution in [0.25, 0.3) is 10.9 Å². The van der Waals surface area contributed by atoms with Gasteiger partial charge in [-0.3, -0.25) is 14.2 Å². The van der Waals surface area contributed by atoms with Gasteiger partial charge in [-0.2, -0.15) is 20.2 Å². The Morgan fingerprint density at radius 2 is 2.03 bits per heavy atom. The maximum Gasteiger partial charge on any atom is 0.281 e. The van der Waals surface area contributed by atoms with E-state index in [1.807, 2.05) is 30.8 Å². The third kappa shape index (κ3) is 5.79. The number of aliphatic imine (C=N–C) groups is 1. The molecule has 39 heavy (non-hydrogen) atoms. The Hall–Kier alpha value is -2.29. The molecule has 3 aromatic rings. The van der Waals surface area contributed by atoms with Gasteiger partial charge in [0.2, 0.25) is 0 Å². The average molecular weight is 592 g/mol. The van der Waals surface area contributed by atoms with Crippen molar-refractivity contribution in [3.05, 3.63) is 48.3 Å². The van der Waals surface area contributed by atoms with Gasteiger partial charge < -0.3 is 19.6 Å². The summed E-state index contributed by atoms with van der Waals surface area (Å²) in [6.07, 6.45) is 0.844. The first-order valence-corrected chi connectivity index (χ1v) is 16.1. The summed E-state index contributed by atoms with van der Waals surface area (Å²) in [5.74, 6) is 2.55. The molecule has 2 aliphatic heterocycles. The van der Waals surface area contributed by atoms with E-state index in [1.165, 1.54) is 23.6 Å². The van der Waals surface area contributed by atoms with Crippen LogP contribution in [-0.4, -0.2) is 103 Å². The Balaban J connectivity index is 1.48. The summed E-state index contributed by atoms with van der Waals surface area (Å²) < 4.78 is 38.6. The van der Waals surface area contributed by atoms with E-state index in [1.54, 1.807) is 37.1 Å². The zero-order valence-corrected chi connectivity index (χ0v) is 24.6. The van der Waals surface area contributed by atoms with Crippen LogP contribution in [0.2, 0.25) is 0 Å². The first-order valence-electron chi connectivity index (χ1n) is 12.6. The minimum atomic E-state index is -3.93. The minimum Gasteiger partial charge on any atom is -0.491 e. The van der Waals surface area contributed by atoms with Crippen molar-refractivity contribution in [1.82, 2.24) is 14.9 Å². The molecule has 0 radical (unpaired) electrons. The zero-order chi connectivity index (χ0) is 27.6. The molecule has 2 unspecified atom stereocenters. The lowest BCUT2D eigenvalue weighted by Gasteiger charge is -2.39. The van der Waals surface area contributed by atoms with Gasteiger partial charge in [0.05, 0.1) is 34.8 Å². The number of aliphatic hydroxyl groups is 1. The first kappa shape index (κ1) is 28.2. The second-order valence-corrected chi connectivity index (χ2v) is 14.3. The summed E-state index contributed by atoms with van der Waals surface area (Å²) in [5.41, 5.74) is 1.82. The number of nitrogens with one attached hydrogen (secondary N) is 1. The third-order valence-electron chi connectivity index (χ3n) is 6.87. The molecule has 13 heteroatoms. The molecule has 1 fully saturated rings. The van der Waals surface area contributed by atoms with Crippen LogP contribution in [0.5, 0.6) is 5.75 Å². The van der Waals surface area contributed by atoms with Gasteiger partial charge in [0.15, 0.2) is 5.03 Å². The summed E-state index contributed by atoms with van der Waals surface area (Å²) in [7, 11) is -0.831. The van der Waals surface area contributed by atoms with E-state index in [0.717, 1.165) is 40.7 Å². The highest BCUT2D eigenvalue weighted by atomic mass is 32.2. The molecule has 210 valence electrons. The van der Waals surface area contributed by atoms with E-state index in [4.69, 9.17) is 14.5 Å². The predicted molar refractivity (Wildman–Crippen MR) is 158 cm³/mol. The highest BCUT2D eigenvalue weighted by Gasteiger charge is 2.43. The molecule has 0 aliphatic carbocycles. The van der Waals surface area contributed by atoms with E-state index in [2.05, 4.69) is 14.9 Å². The molecule has 1 saturated heterocycles. The average Bonchev–Trinajstić information content (AvgIpc) is 3.57. The van der Waals surface area contributed by atoms with Crippen LogP contribution in [0.1, 0.15) is 12.6 Å². The maximum absolute atomic E-state index is 13.4. The fraction of sp³-hybridized carbons (Fsp3) is 0.462. The lowest BCUT2D eigenvalue weighted by Crippen LogP contribution is -2.52. The lowest BCUT2D eigenvalue weighted by atomic mass is 10.1. The van der Waals surface area contributed by atoms with Crippen molar-refractivity contribution in [1.29, 1.82) is 0 Å². The number of H-pyrrole nitrogens is 1. The SMILES string of the molecule is COCCOc1cc(N(C)S(=O)(=O)c2ccccn2)c2[nH]c(C3=NCC(C)(C(O)N4CCSCC4)S3)cc2c1. The van der Waals surface area contributed by atoms with E-state index < -0.39 is 21.0 Å². The number of hydrogen-bond acceptors (Lipinski definition) is 10. The number of sulfonamides is 1. The molecule has 1 aromatic carbocycles. The molecule has 5 rings (SSSR count). The molecule has 0 saturated carbocycles. The molecular formula is C26H33N5O5S3. The normalized spacial score (nSPS) is 21.2. The van der Waals surface area contributed by atoms with Crippen LogP contribution in [0.4, 0.5) is 5.69 Å². The summed E-state index contributed by atoms with van der Waals surface area (Å²) in [5, 5.41) is 12.7. The first-order chi connectivity index (χ1) is 18.7. The van der Waals surface area contributed by atoms with Crippen molar-refractivity contribution in [2.24, 2.45) is 4.99 Å². The molecule has 2 aliphatic rings. The minimum absolute atomic E-state index is 0.0466. The van der Waals surface area contributed by atoms with Crippen molar-refractivity contribution in [3.8, 4) is 5.75 Å². The molecule has 0 amide bonds.